The molecule has 0 fully saturated rings. The highest BCUT2D eigenvalue weighted by Crippen LogP contribution is 2.13. The van der Waals surface area contributed by atoms with Gasteiger partial charge in [0.25, 0.3) is 0 Å². The van der Waals surface area contributed by atoms with Gasteiger partial charge in [0.1, 0.15) is 0 Å². The number of rotatable bonds is 5. The Bertz CT molecular complexity index is 462. The summed E-state index contributed by atoms with van der Waals surface area (Å²) < 4.78 is 0. The number of hydrogen-bond donors (Lipinski definition) is 0. The maximum Gasteiger partial charge on any atom is -0.00258 e. The van der Waals surface area contributed by atoms with Gasteiger partial charge in [-0.15, -0.1) is 0 Å². The molecule has 0 aliphatic carbocycles. The second-order valence-corrected chi connectivity index (χ2v) is 4.91. The molecule has 0 spiro atoms. The Morgan fingerprint density at radius 1 is 0.611 bits per heavy atom. The van der Waals surface area contributed by atoms with E-state index < -0.39 is 0 Å². The first-order valence-electron chi connectivity index (χ1n) is 6.97. The summed E-state index contributed by atoms with van der Waals surface area (Å²) in [5, 5.41) is 0. The number of aryl methyl sites for hydroxylation is 2. The first-order chi connectivity index (χ1) is 8.81. The lowest BCUT2D eigenvalue weighted by Gasteiger charge is -2.05. The van der Waals surface area contributed by atoms with Crippen molar-refractivity contribution in [3.8, 4) is 0 Å². The molecule has 0 bridgehead atoms. The molecule has 94 valence electrons. The van der Waals surface area contributed by atoms with Gasteiger partial charge in [-0.2, -0.15) is 0 Å². The zero-order valence-electron chi connectivity index (χ0n) is 11.4. The summed E-state index contributed by atoms with van der Waals surface area (Å²) in [4.78, 5) is 0. The van der Waals surface area contributed by atoms with Gasteiger partial charge in [0.05, 0.1) is 0 Å². The van der Waals surface area contributed by atoms with Crippen molar-refractivity contribution in [1.29, 1.82) is 0 Å². The molecule has 0 heteroatoms. The van der Waals surface area contributed by atoms with Crippen LogP contribution in [-0.2, 0) is 19.3 Å². The van der Waals surface area contributed by atoms with E-state index in [9.17, 15) is 0 Å². The van der Waals surface area contributed by atoms with E-state index in [1.165, 1.54) is 35.1 Å². The van der Waals surface area contributed by atoms with Gasteiger partial charge in [0.15, 0.2) is 0 Å². The number of hydrogen-bond acceptors (Lipinski definition) is 0. The minimum atomic E-state index is 1.04. The lowest BCUT2D eigenvalue weighted by atomic mass is 10.0. The third-order valence-corrected chi connectivity index (χ3v) is 3.40. The predicted octanol–water partition coefficient (Wildman–Crippen LogP) is 4.79. The maximum absolute atomic E-state index is 2.26. The maximum atomic E-state index is 2.26. The van der Waals surface area contributed by atoms with E-state index in [2.05, 4.69) is 62.4 Å². The van der Waals surface area contributed by atoms with Gasteiger partial charge in [-0.1, -0.05) is 68.8 Å². The van der Waals surface area contributed by atoms with Gasteiger partial charge in [-0.05, 0) is 41.5 Å². The molecular formula is C18H22. The topological polar surface area (TPSA) is 0 Å². The molecule has 0 saturated heterocycles. The highest BCUT2D eigenvalue weighted by molar-refractivity contribution is 5.30. The van der Waals surface area contributed by atoms with Crippen LogP contribution in [0.3, 0.4) is 0 Å². The fourth-order valence-electron chi connectivity index (χ4n) is 2.24. The molecule has 0 nitrogen and oxygen atoms in total. The monoisotopic (exact) mass is 238 g/mol. The van der Waals surface area contributed by atoms with Gasteiger partial charge in [-0.25, -0.2) is 0 Å². The van der Waals surface area contributed by atoms with Crippen LogP contribution in [0.5, 0.6) is 0 Å². The van der Waals surface area contributed by atoms with E-state index in [-0.39, 0.29) is 0 Å². The second kappa shape index (κ2) is 6.39. The summed E-state index contributed by atoms with van der Waals surface area (Å²) >= 11 is 0. The van der Waals surface area contributed by atoms with Crippen molar-refractivity contribution in [3.63, 3.8) is 0 Å². The Morgan fingerprint density at radius 3 is 1.50 bits per heavy atom. The average molecular weight is 238 g/mol. The highest BCUT2D eigenvalue weighted by atomic mass is 14.0. The van der Waals surface area contributed by atoms with Crippen molar-refractivity contribution in [2.75, 3.05) is 0 Å². The molecule has 0 heterocycles. The van der Waals surface area contributed by atoms with Crippen LogP contribution in [0.4, 0.5) is 0 Å². The normalized spacial score (nSPS) is 10.6. The van der Waals surface area contributed by atoms with Crippen molar-refractivity contribution in [2.45, 2.75) is 39.5 Å². The van der Waals surface area contributed by atoms with Gasteiger partial charge >= 0.3 is 0 Å². The fourth-order valence-corrected chi connectivity index (χ4v) is 2.24. The summed E-state index contributed by atoms with van der Waals surface area (Å²) in [6.45, 7) is 4.42. The summed E-state index contributed by atoms with van der Waals surface area (Å²) in [7, 11) is 0. The molecule has 0 N–H and O–H groups in total. The van der Waals surface area contributed by atoms with E-state index >= 15 is 0 Å². The van der Waals surface area contributed by atoms with Gasteiger partial charge < -0.3 is 0 Å². The van der Waals surface area contributed by atoms with Crippen LogP contribution in [0.1, 0.15) is 42.5 Å². The summed E-state index contributed by atoms with van der Waals surface area (Å²) in [6.07, 6.45) is 4.56. The molecule has 2 rings (SSSR count). The fraction of sp³-hybridized carbons (Fsp3) is 0.333. The Labute approximate surface area is 111 Å². The van der Waals surface area contributed by atoms with Crippen LogP contribution in [0.2, 0.25) is 0 Å². The number of benzene rings is 2. The van der Waals surface area contributed by atoms with Crippen molar-refractivity contribution < 1.29 is 0 Å². The van der Waals surface area contributed by atoms with Crippen LogP contribution >= 0.6 is 0 Å². The smallest absolute Gasteiger partial charge is 0.00258 e. The molecular weight excluding hydrogens is 216 g/mol. The largest absolute Gasteiger partial charge is 0.0651 e. The summed E-state index contributed by atoms with van der Waals surface area (Å²) in [5.41, 5.74) is 5.66. The quantitative estimate of drug-likeness (QED) is 0.702. The first kappa shape index (κ1) is 12.9. The second-order valence-electron chi connectivity index (χ2n) is 4.91. The third-order valence-electron chi connectivity index (χ3n) is 3.40. The molecule has 0 unspecified atom stereocenters. The van der Waals surface area contributed by atoms with Gasteiger partial charge in [-0.3, -0.25) is 0 Å². The molecule has 0 saturated carbocycles. The van der Waals surface area contributed by atoms with Crippen LogP contribution in [0, 0.1) is 0 Å². The molecule has 18 heavy (non-hydrogen) atoms. The summed E-state index contributed by atoms with van der Waals surface area (Å²) in [6, 6.07) is 18.0. The van der Waals surface area contributed by atoms with Crippen LogP contribution < -0.4 is 0 Å². The van der Waals surface area contributed by atoms with E-state index in [0.717, 1.165) is 12.8 Å². The standard InChI is InChI=1S/C18H22/c1-3-5-16-8-12-18(13-9-16)14-17-10-6-15(4-2)7-11-17/h6-13H,3-5,14H2,1-2H3. The average Bonchev–Trinajstić information content (AvgIpc) is 2.42. The molecule has 0 atom stereocenters. The predicted molar refractivity (Wildman–Crippen MR) is 79.1 cm³/mol. The lowest BCUT2D eigenvalue weighted by molar-refractivity contribution is 0.920. The zero-order valence-corrected chi connectivity index (χ0v) is 11.4. The van der Waals surface area contributed by atoms with Crippen molar-refractivity contribution in [3.05, 3.63) is 70.8 Å². The van der Waals surface area contributed by atoms with Gasteiger partial charge in [0.2, 0.25) is 0 Å². The van der Waals surface area contributed by atoms with Crippen molar-refractivity contribution in [1.82, 2.24) is 0 Å². The molecule has 2 aromatic carbocycles. The van der Waals surface area contributed by atoms with Crippen molar-refractivity contribution in [2.24, 2.45) is 0 Å². The summed E-state index contributed by atoms with van der Waals surface area (Å²) in [5.74, 6) is 0. The molecule has 0 amide bonds. The lowest BCUT2D eigenvalue weighted by Crippen LogP contribution is -1.90. The van der Waals surface area contributed by atoms with Crippen LogP contribution in [0.15, 0.2) is 48.5 Å². The van der Waals surface area contributed by atoms with E-state index in [1.807, 2.05) is 0 Å². The van der Waals surface area contributed by atoms with Crippen molar-refractivity contribution >= 4 is 0 Å². The molecule has 0 aromatic heterocycles. The van der Waals surface area contributed by atoms with E-state index in [4.69, 9.17) is 0 Å². The van der Waals surface area contributed by atoms with Crippen LogP contribution in [0.25, 0.3) is 0 Å². The van der Waals surface area contributed by atoms with Crippen LogP contribution in [-0.4, -0.2) is 0 Å². The molecule has 2 aromatic rings. The Balaban J connectivity index is 2.03. The molecule has 0 radical (unpaired) electrons. The zero-order chi connectivity index (χ0) is 12.8. The highest BCUT2D eigenvalue weighted by Gasteiger charge is 1.97. The van der Waals surface area contributed by atoms with E-state index in [0.29, 0.717) is 0 Å². The first-order valence-corrected chi connectivity index (χ1v) is 6.97. The Hall–Kier alpha value is -1.56. The molecule has 0 aliphatic rings. The SMILES string of the molecule is CCCc1ccc(Cc2ccc(CC)cc2)cc1. The third kappa shape index (κ3) is 3.46. The Morgan fingerprint density at radius 2 is 1.06 bits per heavy atom. The Kier molecular flexibility index (Phi) is 4.58. The van der Waals surface area contributed by atoms with Gasteiger partial charge in [0, 0.05) is 0 Å². The van der Waals surface area contributed by atoms with E-state index in [1.54, 1.807) is 0 Å². The minimum absolute atomic E-state index is 1.04. The molecule has 0 aliphatic heterocycles. The minimum Gasteiger partial charge on any atom is -0.0651 e.